The van der Waals surface area contributed by atoms with Gasteiger partial charge in [-0.3, -0.25) is 4.99 Å². The molecule has 2 N–H and O–H groups in total. The van der Waals surface area contributed by atoms with Gasteiger partial charge in [-0.1, -0.05) is 12.1 Å². The third kappa shape index (κ3) is 7.16. The lowest BCUT2D eigenvalue weighted by molar-refractivity contribution is -0.137. The fraction of sp³-hybridized carbons (Fsp3) is 0.611. The third-order valence-corrected chi connectivity index (χ3v) is 5.24. The second-order valence-corrected chi connectivity index (χ2v) is 9.34. The van der Waals surface area contributed by atoms with Gasteiger partial charge < -0.3 is 15.0 Å². The van der Waals surface area contributed by atoms with E-state index in [-0.39, 0.29) is 6.54 Å². The van der Waals surface area contributed by atoms with Gasteiger partial charge in [-0.2, -0.15) is 13.2 Å². The molecule has 1 aliphatic heterocycles. The maximum Gasteiger partial charge on any atom is 0.416 e. The zero-order chi connectivity index (χ0) is 21.9. The highest BCUT2D eigenvalue weighted by Gasteiger charge is 2.32. The molecule has 0 radical (unpaired) electrons. The van der Waals surface area contributed by atoms with Crippen LogP contribution in [0.2, 0.25) is 0 Å². The van der Waals surface area contributed by atoms with Crippen LogP contribution in [0.4, 0.5) is 13.2 Å². The van der Waals surface area contributed by atoms with Crippen LogP contribution in [0, 0.1) is 0 Å². The first kappa shape index (κ1) is 23.4. The van der Waals surface area contributed by atoms with Crippen LogP contribution in [0.5, 0.6) is 0 Å². The second kappa shape index (κ2) is 8.88. The monoisotopic (exact) mass is 436 g/mol. The zero-order valence-corrected chi connectivity index (χ0v) is 17.7. The van der Waals surface area contributed by atoms with Crippen molar-refractivity contribution >= 4 is 16.0 Å². The Labute approximate surface area is 169 Å². The Morgan fingerprint density at radius 3 is 2.62 bits per heavy atom. The van der Waals surface area contributed by atoms with E-state index in [1.54, 1.807) is 27.0 Å². The largest absolute Gasteiger partial charge is 0.416 e. The van der Waals surface area contributed by atoms with Crippen LogP contribution in [-0.2, 0) is 20.9 Å². The molecule has 1 unspecified atom stereocenters. The second-order valence-electron chi connectivity index (χ2n) is 7.59. The Hall–Kier alpha value is -1.85. The average Bonchev–Trinajstić information content (AvgIpc) is 2.60. The van der Waals surface area contributed by atoms with Crippen molar-refractivity contribution in [2.75, 3.05) is 39.5 Å². The summed E-state index contributed by atoms with van der Waals surface area (Å²) in [6, 6.07) is 5.11. The van der Waals surface area contributed by atoms with Gasteiger partial charge in [0.1, 0.15) is 6.10 Å². The van der Waals surface area contributed by atoms with Gasteiger partial charge in [-0.25, -0.2) is 13.1 Å². The van der Waals surface area contributed by atoms with Gasteiger partial charge >= 0.3 is 6.18 Å². The number of nitrogens with one attached hydrogen (secondary N) is 2. The van der Waals surface area contributed by atoms with Crippen LogP contribution in [-0.4, -0.2) is 64.4 Å². The van der Waals surface area contributed by atoms with Gasteiger partial charge in [-0.05, 0) is 31.5 Å². The Bertz CT molecular complexity index is 841. The molecule has 1 fully saturated rings. The number of guanidine groups is 1. The predicted molar refractivity (Wildman–Crippen MR) is 105 cm³/mol. The number of morpholine rings is 1. The minimum absolute atomic E-state index is 0.276. The highest BCUT2D eigenvalue weighted by molar-refractivity contribution is 7.88. The molecule has 0 amide bonds. The number of benzene rings is 1. The van der Waals surface area contributed by atoms with E-state index in [1.807, 2.05) is 4.90 Å². The molecule has 0 saturated carbocycles. The minimum Gasteiger partial charge on any atom is -0.370 e. The molecule has 11 heteroatoms. The molecule has 0 bridgehead atoms. The van der Waals surface area contributed by atoms with E-state index in [0.717, 1.165) is 18.4 Å². The maximum absolute atomic E-state index is 13.0. The number of ether oxygens (including phenoxy) is 1. The van der Waals surface area contributed by atoms with E-state index < -0.39 is 33.4 Å². The van der Waals surface area contributed by atoms with Crippen molar-refractivity contribution < 1.29 is 26.3 Å². The number of rotatable bonds is 5. The van der Waals surface area contributed by atoms with Crippen LogP contribution >= 0.6 is 0 Å². The van der Waals surface area contributed by atoms with Crippen molar-refractivity contribution in [2.45, 2.75) is 31.7 Å². The first-order valence-corrected chi connectivity index (χ1v) is 10.9. The predicted octanol–water partition coefficient (Wildman–Crippen LogP) is 1.98. The smallest absolute Gasteiger partial charge is 0.370 e. The number of nitrogens with zero attached hydrogens (tertiary/aromatic N) is 2. The summed E-state index contributed by atoms with van der Waals surface area (Å²) in [6.45, 7) is 4.90. The summed E-state index contributed by atoms with van der Waals surface area (Å²) in [5.74, 6) is 0.522. The molecule has 1 saturated heterocycles. The maximum atomic E-state index is 13.0. The fourth-order valence-electron chi connectivity index (χ4n) is 3.13. The number of hydrogen-bond acceptors (Lipinski definition) is 4. The summed E-state index contributed by atoms with van der Waals surface area (Å²) >= 11 is 0. The van der Waals surface area contributed by atoms with Gasteiger partial charge in [0, 0.05) is 25.7 Å². The van der Waals surface area contributed by atoms with E-state index in [4.69, 9.17) is 4.74 Å². The molecule has 0 spiro atoms. The summed E-state index contributed by atoms with van der Waals surface area (Å²) in [5, 5.41) is 3.12. The van der Waals surface area contributed by atoms with Gasteiger partial charge in [0.05, 0.1) is 25.0 Å². The van der Waals surface area contributed by atoms with Crippen LogP contribution in [0.15, 0.2) is 29.3 Å². The lowest BCUT2D eigenvalue weighted by Gasteiger charge is -2.36. The Kier molecular flexibility index (Phi) is 7.18. The van der Waals surface area contributed by atoms with Crippen molar-refractivity contribution in [1.82, 2.24) is 14.9 Å². The zero-order valence-electron chi connectivity index (χ0n) is 16.9. The van der Waals surface area contributed by atoms with Gasteiger partial charge in [0.25, 0.3) is 0 Å². The topological polar surface area (TPSA) is 83.0 Å². The molecule has 1 aromatic rings. The average molecular weight is 437 g/mol. The molecule has 164 valence electrons. The fourth-order valence-corrected chi connectivity index (χ4v) is 4.20. The third-order valence-electron chi connectivity index (χ3n) is 4.31. The van der Waals surface area contributed by atoms with Crippen molar-refractivity contribution in [3.63, 3.8) is 0 Å². The normalized spacial score (nSPS) is 19.3. The van der Waals surface area contributed by atoms with Crippen LogP contribution in [0.25, 0.3) is 0 Å². The minimum atomic E-state index is -4.42. The van der Waals surface area contributed by atoms with Gasteiger partial charge in [-0.15, -0.1) is 0 Å². The van der Waals surface area contributed by atoms with Crippen LogP contribution in [0.3, 0.4) is 0 Å². The molecule has 0 aromatic heterocycles. The molecule has 2 rings (SSSR count). The molecule has 1 heterocycles. The standard InChI is InChI=1S/C18H27F3N4O3S/c1-17(2,24-29(4,26)27)12-23-16(22-3)25-8-9-28-15(11-25)13-6-5-7-14(10-13)18(19,20)21/h5-7,10,15,24H,8-9,11-12H2,1-4H3,(H,22,23). The summed E-state index contributed by atoms with van der Waals surface area (Å²) in [6.07, 6.45) is -3.86. The first-order valence-electron chi connectivity index (χ1n) is 9.04. The highest BCUT2D eigenvalue weighted by Crippen LogP contribution is 2.32. The van der Waals surface area contributed by atoms with Crippen molar-refractivity contribution in [3.05, 3.63) is 35.4 Å². The molecular formula is C18H27F3N4O3S. The van der Waals surface area contributed by atoms with Crippen LogP contribution < -0.4 is 10.0 Å². The first-order chi connectivity index (χ1) is 13.3. The molecular weight excluding hydrogens is 409 g/mol. The van der Waals surface area contributed by atoms with E-state index in [1.165, 1.54) is 6.07 Å². The molecule has 7 nitrogen and oxygen atoms in total. The quantitative estimate of drug-likeness (QED) is 0.545. The van der Waals surface area contributed by atoms with E-state index >= 15 is 0 Å². The number of sulfonamides is 1. The van der Waals surface area contributed by atoms with E-state index in [9.17, 15) is 21.6 Å². The Morgan fingerprint density at radius 1 is 1.34 bits per heavy atom. The van der Waals surface area contributed by atoms with E-state index in [0.29, 0.717) is 31.2 Å². The van der Waals surface area contributed by atoms with Crippen LogP contribution in [0.1, 0.15) is 31.1 Å². The molecule has 1 aromatic carbocycles. The lowest BCUT2D eigenvalue weighted by atomic mass is 10.0. The number of aliphatic imine (C=N–C) groups is 1. The van der Waals surface area contributed by atoms with E-state index in [2.05, 4.69) is 15.0 Å². The highest BCUT2D eigenvalue weighted by atomic mass is 32.2. The lowest BCUT2D eigenvalue weighted by Crippen LogP contribution is -2.55. The van der Waals surface area contributed by atoms with Crippen molar-refractivity contribution in [3.8, 4) is 0 Å². The summed E-state index contributed by atoms with van der Waals surface area (Å²) < 4.78 is 70.2. The molecule has 0 aliphatic carbocycles. The summed E-state index contributed by atoms with van der Waals surface area (Å²) in [4.78, 5) is 6.09. The number of halogens is 3. The molecule has 1 aliphatic rings. The van der Waals surface area contributed by atoms with Gasteiger partial charge in [0.15, 0.2) is 5.96 Å². The van der Waals surface area contributed by atoms with Crippen molar-refractivity contribution in [1.29, 1.82) is 0 Å². The Morgan fingerprint density at radius 2 is 2.03 bits per heavy atom. The van der Waals surface area contributed by atoms with Crippen molar-refractivity contribution in [2.24, 2.45) is 4.99 Å². The molecule has 29 heavy (non-hydrogen) atoms. The number of alkyl halides is 3. The molecule has 1 atom stereocenters. The summed E-state index contributed by atoms with van der Waals surface area (Å²) in [5.41, 5.74) is -1.03. The summed E-state index contributed by atoms with van der Waals surface area (Å²) in [7, 11) is -1.79. The Balaban J connectivity index is 2.07. The SMILES string of the molecule is CN=C(NCC(C)(C)NS(C)(=O)=O)N1CCOC(c2cccc(C(F)(F)F)c2)C1. The van der Waals surface area contributed by atoms with Gasteiger partial charge in [0.2, 0.25) is 10.0 Å². The number of hydrogen-bond donors (Lipinski definition) is 2.